The number of rotatable bonds is 11. The molecule has 4 rings (SSSR count). The van der Waals surface area contributed by atoms with E-state index in [-0.39, 0.29) is 35.6 Å². The summed E-state index contributed by atoms with van der Waals surface area (Å²) in [5, 5.41) is 10.7. The first-order valence-electron chi connectivity index (χ1n) is 13.0. The van der Waals surface area contributed by atoms with E-state index in [9.17, 15) is 14.0 Å². The number of amides is 1. The number of carbonyl (C=O) groups excluding carboxylic acids is 2. The van der Waals surface area contributed by atoms with Gasteiger partial charge in [0.05, 0.1) is 34.5 Å². The second-order valence-corrected chi connectivity index (χ2v) is 10.3. The lowest BCUT2D eigenvalue weighted by molar-refractivity contribution is -0.139. The topological polar surface area (TPSA) is 110 Å². The second kappa shape index (κ2) is 14.8. The summed E-state index contributed by atoms with van der Waals surface area (Å²) in [6.07, 6.45) is 1.35. The van der Waals surface area contributed by atoms with Crippen molar-refractivity contribution >= 4 is 58.6 Å². The molecule has 0 spiro atoms. The van der Waals surface area contributed by atoms with Gasteiger partial charge in [-0.05, 0) is 55.9 Å². The Morgan fingerprint density at radius 3 is 2.51 bits per heavy atom. The van der Waals surface area contributed by atoms with E-state index in [0.29, 0.717) is 38.8 Å². The lowest BCUT2D eigenvalue weighted by Gasteiger charge is -2.30. The van der Waals surface area contributed by atoms with Gasteiger partial charge in [-0.1, -0.05) is 59.6 Å². The quantitative estimate of drug-likeness (QED) is 0.107. The predicted octanol–water partition coefficient (Wildman–Crippen LogP) is 5.60. The van der Waals surface area contributed by atoms with Crippen molar-refractivity contribution in [2.24, 2.45) is 5.10 Å². The number of para-hydroxylation sites is 1. The summed E-state index contributed by atoms with van der Waals surface area (Å²) in [4.78, 5) is 25.2. The zero-order valence-corrected chi connectivity index (χ0v) is 25.4. The van der Waals surface area contributed by atoms with Crippen molar-refractivity contribution in [3.8, 4) is 11.5 Å². The van der Waals surface area contributed by atoms with E-state index < -0.39 is 23.7 Å². The average Bonchev–Trinajstić information content (AvgIpc) is 2.96. The minimum atomic E-state index is -0.654. The van der Waals surface area contributed by atoms with Crippen LogP contribution in [0.25, 0.3) is 0 Å². The van der Waals surface area contributed by atoms with Gasteiger partial charge >= 0.3 is 5.97 Å². The van der Waals surface area contributed by atoms with E-state index in [1.54, 1.807) is 68.4 Å². The van der Waals surface area contributed by atoms with Gasteiger partial charge in [0.2, 0.25) is 0 Å². The minimum absolute atomic E-state index is 0.0564. The molecule has 1 aliphatic heterocycles. The molecule has 3 aromatic rings. The molecule has 1 amide bonds. The maximum absolute atomic E-state index is 13.9. The summed E-state index contributed by atoms with van der Waals surface area (Å²) in [5.41, 5.74) is 4.72. The fourth-order valence-corrected chi connectivity index (χ4v) is 5.05. The molecule has 13 heteroatoms. The number of benzene rings is 3. The SMILES string of the molecule is CCOC(=O)C1=C(C)NC(=S)N[C@@H]1c1ccccc1OCC(=O)NN=Cc1cc(Cl)c(OCc2ccccc2F)c(Cl)c1. The van der Waals surface area contributed by atoms with Crippen molar-refractivity contribution in [3.63, 3.8) is 0 Å². The van der Waals surface area contributed by atoms with Gasteiger partial charge in [-0.15, -0.1) is 0 Å². The number of ether oxygens (including phenoxy) is 3. The molecule has 1 heterocycles. The molecule has 0 saturated carbocycles. The third-order valence-electron chi connectivity index (χ3n) is 6.11. The van der Waals surface area contributed by atoms with Gasteiger partial charge in [-0.3, -0.25) is 4.79 Å². The molecule has 9 nitrogen and oxygen atoms in total. The van der Waals surface area contributed by atoms with Crippen molar-refractivity contribution in [2.75, 3.05) is 13.2 Å². The molecule has 0 unspecified atom stereocenters. The lowest BCUT2D eigenvalue weighted by atomic mass is 9.95. The third kappa shape index (κ3) is 8.22. The van der Waals surface area contributed by atoms with Gasteiger partial charge in [-0.2, -0.15) is 5.10 Å². The van der Waals surface area contributed by atoms with E-state index in [1.165, 1.54) is 12.3 Å². The average molecular weight is 646 g/mol. The van der Waals surface area contributed by atoms with Crippen LogP contribution < -0.4 is 25.5 Å². The lowest BCUT2D eigenvalue weighted by Crippen LogP contribution is -2.45. The highest BCUT2D eigenvalue weighted by Gasteiger charge is 2.32. The normalized spacial score (nSPS) is 14.6. The Morgan fingerprint density at radius 1 is 1.09 bits per heavy atom. The van der Waals surface area contributed by atoms with Gasteiger partial charge in [-0.25, -0.2) is 14.6 Å². The highest BCUT2D eigenvalue weighted by Crippen LogP contribution is 2.35. The highest BCUT2D eigenvalue weighted by atomic mass is 35.5. The second-order valence-electron chi connectivity index (χ2n) is 9.10. The van der Waals surface area contributed by atoms with Crippen LogP contribution in [-0.2, 0) is 20.9 Å². The van der Waals surface area contributed by atoms with Crippen LogP contribution in [-0.4, -0.2) is 36.4 Å². The van der Waals surface area contributed by atoms with Crippen LogP contribution in [0.1, 0.15) is 36.6 Å². The number of hydrogen-bond donors (Lipinski definition) is 3. The molecule has 0 fully saturated rings. The van der Waals surface area contributed by atoms with E-state index in [1.807, 2.05) is 0 Å². The van der Waals surface area contributed by atoms with Crippen molar-refractivity contribution in [1.82, 2.24) is 16.1 Å². The van der Waals surface area contributed by atoms with Crippen LogP contribution in [0.2, 0.25) is 10.0 Å². The summed E-state index contributed by atoms with van der Waals surface area (Å²) in [6, 6.07) is 15.6. The number of thiocarbonyl (C=S) groups is 1. The van der Waals surface area contributed by atoms with Gasteiger partial charge < -0.3 is 24.8 Å². The summed E-state index contributed by atoms with van der Waals surface area (Å²) in [7, 11) is 0. The predicted molar refractivity (Wildman–Crippen MR) is 166 cm³/mol. The standard InChI is InChI=1S/C30H27Cl2FN4O5S/c1-3-40-29(39)26-17(2)35-30(43)36-27(26)20-9-5-7-11-24(20)41-16-25(38)37-34-14-18-12-21(31)28(22(32)13-18)42-15-19-8-4-6-10-23(19)33/h4-14,27H,3,15-16H2,1-2H3,(H,37,38)(H2,35,36,43)/t27-/m1/s1. The maximum Gasteiger partial charge on any atom is 0.338 e. The highest BCUT2D eigenvalue weighted by molar-refractivity contribution is 7.80. The molecule has 1 aliphatic rings. The smallest absolute Gasteiger partial charge is 0.338 e. The van der Waals surface area contributed by atoms with E-state index >= 15 is 0 Å². The first-order chi connectivity index (χ1) is 20.7. The van der Waals surface area contributed by atoms with Crippen LogP contribution in [0.5, 0.6) is 11.5 Å². The Kier molecular flexibility index (Phi) is 10.9. The zero-order chi connectivity index (χ0) is 30.9. The number of nitrogens with one attached hydrogen (secondary N) is 3. The molecule has 1 atom stereocenters. The Morgan fingerprint density at radius 2 is 1.79 bits per heavy atom. The van der Waals surface area contributed by atoms with Gasteiger partial charge in [0.1, 0.15) is 18.2 Å². The van der Waals surface area contributed by atoms with Crippen LogP contribution in [0.15, 0.2) is 77.0 Å². The molecule has 0 bridgehead atoms. The number of halogens is 3. The Balaban J connectivity index is 1.38. The fraction of sp³-hybridized carbons (Fsp3) is 0.200. The number of esters is 1. The minimum Gasteiger partial charge on any atom is -0.486 e. The summed E-state index contributed by atoms with van der Waals surface area (Å²) in [5.74, 6) is -0.886. The molecule has 3 aromatic carbocycles. The fourth-order valence-electron chi connectivity index (χ4n) is 4.17. The molecule has 0 radical (unpaired) electrons. The zero-order valence-electron chi connectivity index (χ0n) is 23.1. The van der Waals surface area contributed by atoms with Crippen LogP contribution in [0.4, 0.5) is 4.39 Å². The van der Waals surface area contributed by atoms with E-state index in [2.05, 4.69) is 21.2 Å². The molecular formula is C30H27Cl2FN4O5S. The number of hydrogen-bond acceptors (Lipinski definition) is 7. The molecule has 43 heavy (non-hydrogen) atoms. The Hall–Kier alpha value is -4.19. The molecular weight excluding hydrogens is 618 g/mol. The van der Waals surface area contributed by atoms with Crippen LogP contribution in [0.3, 0.4) is 0 Å². The summed E-state index contributed by atoms with van der Waals surface area (Å²) in [6.45, 7) is 3.23. The summed E-state index contributed by atoms with van der Waals surface area (Å²) < 4.78 is 30.5. The molecule has 3 N–H and O–H groups in total. The first-order valence-corrected chi connectivity index (χ1v) is 14.2. The third-order valence-corrected chi connectivity index (χ3v) is 6.89. The molecule has 0 saturated heterocycles. The number of carbonyl (C=O) groups is 2. The van der Waals surface area contributed by atoms with Crippen molar-refractivity contribution in [2.45, 2.75) is 26.5 Å². The van der Waals surface area contributed by atoms with Crippen molar-refractivity contribution < 1.29 is 28.2 Å². The number of allylic oxidation sites excluding steroid dienone is 1. The van der Waals surface area contributed by atoms with Gasteiger partial charge in [0, 0.05) is 16.8 Å². The first kappa shape index (κ1) is 31.7. The largest absolute Gasteiger partial charge is 0.486 e. The summed E-state index contributed by atoms with van der Waals surface area (Å²) >= 11 is 17.9. The van der Waals surface area contributed by atoms with Gasteiger partial charge in [0.15, 0.2) is 17.5 Å². The van der Waals surface area contributed by atoms with Crippen LogP contribution >= 0.6 is 35.4 Å². The van der Waals surface area contributed by atoms with Crippen molar-refractivity contribution in [3.05, 3.63) is 104 Å². The van der Waals surface area contributed by atoms with Gasteiger partial charge in [0.25, 0.3) is 5.91 Å². The Bertz CT molecular complexity index is 1580. The Labute approximate surface area is 263 Å². The molecule has 0 aromatic heterocycles. The number of hydrazone groups is 1. The van der Waals surface area contributed by atoms with Crippen LogP contribution in [0, 0.1) is 5.82 Å². The van der Waals surface area contributed by atoms with E-state index in [4.69, 9.17) is 49.6 Å². The monoisotopic (exact) mass is 644 g/mol. The van der Waals surface area contributed by atoms with Crippen molar-refractivity contribution in [1.29, 1.82) is 0 Å². The number of nitrogens with zero attached hydrogens (tertiary/aromatic N) is 1. The maximum atomic E-state index is 13.9. The molecule has 0 aliphatic carbocycles. The molecule has 224 valence electrons. The van der Waals surface area contributed by atoms with E-state index in [0.717, 1.165) is 0 Å².